The molecule has 0 spiro atoms. The highest BCUT2D eigenvalue weighted by atomic mass is 32.2. The van der Waals surface area contributed by atoms with Crippen LogP contribution in [0.15, 0.2) is 59.6 Å². The standard InChI is InChI=1S/C24H23N3O3S/c1-3-12-26-14-17(18-9-5-7-11-20(18)26)13-21-23(29)27(24(30)31-21)15-22(28)25-19-10-6-4-8-16(19)2/h4-11,13-14H,3,12,15H2,1-2H3,(H,25,28)/b21-13-. The molecule has 2 heterocycles. The molecular weight excluding hydrogens is 410 g/mol. The van der Waals surface area contributed by atoms with E-state index in [0.29, 0.717) is 10.6 Å². The van der Waals surface area contributed by atoms with E-state index in [-0.39, 0.29) is 6.54 Å². The first kappa shape index (κ1) is 20.9. The summed E-state index contributed by atoms with van der Waals surface area (Å²) in [6.45, 7) is 4.55. The third-order valence-corrected chi connectivity index (χ3v) is 6.07. The Morgan fingerprint density at radius 2 is 1.84 bits per heavy atom. The monoisotopic (exact) mass is 433 g/mol. The fourth-order valence-electron chi connectivity index (χ4n) is 3.64. The van der Waals surface area contributed by atoms with E-state index in [2.05, 4.69) is 16.8 Å². The molecule has 1 aromatic heterocycles. The van der Waals surface area contributed by atoms with Gasteiger partial charge in [-0.2, -0.15) is 0 Å². The van der Waals surface area contributed by atoms with Crippen LogP contribution in [0.25, 0.3) is 17.0 Å². The zero-order chi connectivity index (χ0) is 22.0. The Bertz CT molecular complexity index is 1210. The van der Waals surface area contributed by atoms with Crippen molar-refractivity contribution in [3.05, 3.63) is 70.8 Å². The molecule has 1 fully saturated rings. The molecule has 1 N–H and O–H groups in total. The van der Waals surface area contributed by atoms with E-state index in [0.717, 1.165) is 51.7 Å². The number of hydrogen-bond donors (Lipinski definition) is 1. The Morgan fingerprint density at radius 1 is 1.10 bits per heavy atom. The Kier molecular flexibility index (Phi) is 5.95. The van der Waals surface area contributed by atoms with Crippen LogP contribution in [0.5, 0.6) is 0 Å². The lowest BCUT2D eigenvalue weighted by Crippen LogP contribution is -2.36. The fourth-order valence-corrected chi connectivity index (χ4v) is 4.47. The minimum absolute atomic E-state index is 0.312. The quantitative estimate of drug-likeness (QED) is 0.553. The molecule has 6 nitrogen and oxygen atoms in total. The molecular formula is C24H23N3O3S. The van der Waals surface area contributed by atoms with Gasteiger partial charge in [-0.25, -0.2) is 0 Å². The lowest BCUT2D eigenvalue weighted by atomic mass is 10.1. The molecule has 1 aliphatic heterocycles. The number of nitrogens with one attached hydrogen (secondary N) is 1. The molecule has 3 amide bonds. The summed E-state index contributed by atoms with van der Waals surface area (Å²) in [6, 6.07) is 15.4. The summed E-state index contributed by atoms with van der Waals surface area (Å²) in [4.78, 5) is 39.1. The minimum Gasteiger partial charge on any atom is -0.347 e. The van der Waals surface area contributed by atoms with Gasteiger partial charge in [0.25, 0.3) is 11.1 Å². The second kappa shape index (κ2) is 8.81. The molecule has 31 heavy (non-hydrogen) atoms. The molecule has 2 aromatic carbocycles. The molecule has 3 aromatic rings. The van der Waals surface area contributed by atoms with Gasteiger partial charge in [-0.3, -0.25) is 19.3 Å². The minimum atomic E-state index is -0.442. The third kappa shape index (κ3) is 4.27. The maximum absolute atomic E-state index is 12.9. The van der Waals surface area contributed by atoms with Gasteiger partial charge in [-0.05, 0) is 48.9 Å². The Hall–Kier alpha value is -3.32. The summed E-state index contributed by atoms with van der Waals surface area (Å²) in [5.41, 5.74) is 3.55. The first-order valence-electron chi connectivity index (χ1n) is 10.2. The highest BCUT2D eigenvalue weighted by molar-refractivity contribution is 8.18. The maximum Gasteiger partial charge on any atom is 0.294 e. The van der Waals surface area contributed by atoms with Crippen molar-refractivity contribution >= 4 is 51.5 Å². The summed E-state index contributed by atoms with van der Waals surface area (Å²) < 4.78 is 2.15. The Balaban J connectivity index is 1.55. The Labute approximate surface area is 184 Å². The highest BCUT2D eigenvalue weighted by Gasteiger charge is 2.36. The van der Waals surface area contributed by atoms with Crippen LogP contribution in [0.2, 0.25) is 0 Å². The number of anilines is 1. The van der Waals surface area contributed by atoms with Crippen LogP contribution >= 0.6 is 11.8 Å². The lowest BCUT2D eigenvalue weighted by Gasteiger charge is -2.13. The zero-order valence-electron chi connectivity index (χ0n) is 17.4. The predicted octanol–water partition coefficient (Wildman–Crippen LogP) is 5.03. The van der Waals surface area contributed by atoms with Crippen LogP contribution in [-0.4, -0.2) is 33.1 Å². The van der Waals surface area contributed by atoms with Crippen molar-refractivity contribution < 1.29 is 14.4 Å². The van der Waals surface area contributed by atoms with Gasteiger partial charge in [0, 0.05) is 34.9 Å². The summed E-state index contributed by atoms with van der Waals surface area (Å²) in [5.74, 6) is -0.848. The molecule has 4 rings (SSSR count). The van der Waals surface area contributed by atoms with Crippen molar-refractivity contribution in [3.8, 4) is 0 Å². The molecule has 1 aliphatic rings. The second-order valence-corrected chi connectivity index (χ2v) is 8.42. The van der Waals surface area contributed by atoms with Gasteiger partial charge >= 0.3 is 0 Å². The molecule has 158 valence electrons. The lowest BCUT2D eigenvalue weighted by molar-refractivity contribution is -0.127. The van der Waals surface area contributed by atoms with Gasteiger partial charge in [-0.1, -0.05) is 43.3 Å². The maximum atomic E-state index is 12.9. The average molecular weight is 434 g/mol. The summed E-state index contributed by atoms with van der Waals surface area (Å²) in [6.07, 6.45) is 4.75. The third-order valence-electron chi connectivity index (χ3n) is 5.16. The zero-order valence-corrected chi connectivity index (χ0v) is 18.2. The fraction of sp³-hybridized carbons (Fsp3) is 0.208. The molecule has 0 atom stereocenters. The van der Waals surface area contributed by atoms with E-state index in [1.54, 1.807) is 12.1 Å². The summed E-state index contributed by atoms with van der Waals surface area (Å²) in [5, 5.41) is 3.36. The number of thioether (sulfide) groups is 1. The van der Waals surface area contributed by atoms with E-state index in [1.807, 2.05) is 55.6 Å². The van der Waals surface area contributed by atoms with Gasteiger partial charge in [-0.15, -0.1) is 0 Å². The number of carbonyl (C=O) groups is 3. The molecule has 0 bridgehead atoms. The molecule has 7 heteroatoms. The molecule has 0 aliphatic carbocycles. The van der Waals surface area contributed by atoms with Crippen LogP contribution in [0.4, 0.5) is 10.5 Å². The number of imide groups is 1. The number of benzene rings is 2. The van der Waals surface area contributed by atoms with Crippen molar-refractivity contribution in [2.45, 2.75) is 26.8 Å². The number of rotatable bonds is 6. The first-order valence-corrected chi connectivity index (χ1v) is 11.0. The molecule has 0 radical (unpaired) electrons. The van der Waals surface area contributed by atoms with Crippen molar-refractivity contribution in [2.75, 3.05) is 11.9 Å². The summed E-state index contributed by atoms with van der Waals surface area (Å²) >= 11 is 0.869. The number of aryl methyl sites for hydroxylation is 2. The van der Waals surface area contributed by atoms with Gasteiger partial charge in [0.15, 0.2) is 0 Å². The predicted molar refractivity (Wildman–Crippen MR) is 125 cm³/mol. The smallest absolute Gasteiger partial charge is 0.294 e. The van der Waals surface area contributed by atoms with Crippen LogP contribution in [0.1, 0.15) is 24.5 Å². The van der Waals surface area contributed by atoms with E-state index in [9.17, 15) is 14.4 Å². The first-order chi connectivity index (χ1) is 15.0. The average Bonchev–Trinajstić information content (AvgIpc) is 3.22. The van der Waals surface area contributed by atoms with Crippen molar-refractivity contribution in [3.63, 3.8) is 0 Å². The Morgan fingerprint density at radius 3 is 2.61 bits per heavy atom. The van der Waals surface area contributed by atoms with Gasteiger partial charge < -0.3 is 9.88 Å². The van der Waals surface area contributed by atoms with Crippen molar-refractivity contribution in [2.24, 2.45) is 0 Å². The number of para-hydroxylation sites is 2. The largest absolute Gasteiger partial charge is 0.347 e. The number of amides is 3. The van der Waals surface area contributed by atoms with Crippen LogP contribution in [0.3, 0.4) is 0 Å². The van der Waals surface area contributed by atoms with Crippen LogP contribution in [0, 0.1) is 6.92 Å². The molecule has 1 saturated heterocycles. The van der Waals surface area contributed by atoms with Crippen LogP contribution in [-0.2, 0) is 16.1 Å². The number of aromatic nitrogens is 1. The van der Waals surface area contributed by atoms with Gasteiger partial charge in [0.05, 0.1) is 4.91 Å². The normalized spacial score (nSPS) is 15.3. The second-order valence-electron chi connectivity index (χ2n) is 7.43. The molecule has 0 saturated carbocycles. The van der Waals surface area contributed by atoms with E-state index >= 15 is 0 Å². The number of fused-ring (bicyclic) bond motifs is 1. The van der Waals surface area contributed by atoms with Crippen molar-refractivity contribution in [1.82, 2.24) is 9.47 Å². The number of carbonyl (C=O) groups excluding carboxylic acids is 3. The SMILES string of the molecule is CCCn1cc(/C=C2\SC(=O)N(CC(=O)Nc3ccccc3C)C2=O)c2ccccc21. The summed E-state index contributed by atoms with van der Waals surface area (Å²) in [7, 11) is 0. The highest BCUT2D eigenvalue weighted by Crippen LogP contribution is 2.34. The number of nitrogens with zero attached hydrogens (tertiary/aromatic N) is 2. The topological polar surface area (TPSA) is 71.4 Å². The van der Waals surface area contributed by atoms with Crippen LogP contribution < -0.4 is 5.32 Å². The van der Waals surface area contributed by atoms with Crippen molar-refractivity contribution in [1.29, 1.82) is 0 Å². The van der Waals surface area contributed by atoms with Gasteiger partial charge in [0.2, 0.25) is 5.91 Å². The van der Waals surface area contributed by atoms with E-state index in [1.165, 1.54) is 0 Å². The van der Waals surface area contributed by atoms with E-state index < -0.39 is 17.1 Å². The molecule has 0 unspecified atom stereocenters. The van der Waals surface area contributed by atoms with Gasteiger partial charge in [0.1, 0.15) is 6.54 Å². The number of hydrogen-bond acceptors (Lipinski definition) is 4. The van der Waals surface area contributed by atoms with E-state index in [4.69, 9.17) is 0 Å².